The third-order valence-corrected chi connectivity index (χ3v) is 6.32. The largest absolute Gasteiger partial charge is 0.374 e. The lowest BCUT2D eigenvalue weighted by atomic mass is 9.96. The third kappa shape index (κ3) is 6.80. The molecular formula is C32H25F7O. The van der Waals surface area contributed by atoms with Gasteiger partial charge in [0.1, 0.15) is 18.2 Å². The molecule has 0 aromatic heterocycles. The van der Waals surface area contributed by atoms with Crippen LogP contribution in [-0.2, 0) is 17.6 Å². The second kappa shape index (κ2) is 13.0. The van der Waals surface area contributed by atoms with Gasteiger partial charge in [0.05, 0.1) is 5.56 Å². The minimum absolute atomic E-state index is 0.0197. The molecule has 0 saturated carbocycles. The molecule has 0 aliphatic carbocycles. The van der Waals surface area contributed by atoms with Gasteiger partial charge in [0, 0.05) is 12.2 Å². The van der Waals surface area contributed by atoms with Gasteiger partial charge in [-0.25, -0.2) is 30.7 Å². The summed E-state index contributed by atoms with van der Waals surface area (Å²) in [4.78, 5) is 0. The van der Waals surface area contributed by atoms with Crippen molar-refractivity contribution in [2.75, 3.05) is 13.2 Å². The summed E-state index contributed by atoms with van der Waals surface area (Å²) >= 11 is 0. The van der Waals surface area contributed by atoms with E-state index < -0.39 is 47.3 Å². The first kappa shape index (κ1) is 29.1. The van der Waals surface area contributed by atoms with Gasteiger partial charge in [-0.3, -0.25) is 0 Å². The van der Waals surface area contributed by atoms with Crippen LogP contribution in [0.5, 0.6) is 0 Å². The van der Waals surface area contributed by atoms with Crippen LogP contribution in [0.3, 0.4) is 0 Å². The Hall–Kier alpha value is -3.91. The monoisotopic (exact) mass is 558 g/mol. The van der Waals surface area contributed by atoms with Crippen LogP contribution < -0.4 is 0 Å². The van der Waals surface area contributed by atoms with Gasteiger partial charge in [-0.1, -0.05) is 55.5 Å². The van der Waals surface area contributed by atoms with Crippen molar-refractivity contribution in [2.45, 2.75) is 26.2 Å². The summed E-state index contributed by atoms with van der Waals surface area (Å²) in [6, 6.07) is 16.1. The average Bonchev–Trinajstić information content (AvgIpc) is 2.94. The second-order valence-corrected chi connectivity index (χ2v) is 9.23. The first-order chi connectivity index (χ1) is 19.2. The SMILES string of the molecule is CCCOC/C(F)=C(\F)c1ccc(-c2cc(F)c(-c3ccc(CCc4cc(F)c(F)c(F)c4)cc3)c(F)c2)cc1. The Labute approximate surface area is 227 Å². The molecule has 0 heterocycles. The van der Waals surface area contributed by atoms with Gasteiger partial charge < -0.3 is 4.74 Å². The fourth-order valence-corrected chi connectivity index (χ4v) is 4.23. The Morgan fingerprint density at radius 1 is 0.625 bits per heavy atom. The second-order valence-electron chi connectivity index (χ2n) is 9.23. The van der Waals surface area contributed by atoms with Crippen molar-refractivity contribution in [3.8, 4) is 22.3 Å². The molecule has 40 heavy (non-hydrogen) atoms. The summed E-state index contributed by atoms with van der Waals surface area (Å²) < 4.78 is 103. The summed E-state index contributed by atoms with van der Waals surface area (Å²) in [5.41, 5.74) is 1.69. The summed E-state index contributed by atoms with van der Waals surface area (Å²) in [6.07, 6.45) is 1.28. The molecule has 0 bridgehead atoms. The first-order valence-electron chi connectivity index (χ1n) is 12.6. The molecule has 0 N–H and O–H groups in total. The summed E-state index contributed by atoms with van der Waals surface area (Å²) in [6.45, 7) is 1.67. The number of rotatable bonds is 10. The number of ether oxygens (including phenoxy) is 1. The minimum atomic E-state index is -1.52. The van der Waals surface area contributed by atoms with Crippen molar-refractivity contribution in [3.05, 3.63) is 124 Å². The molecule has 0 aliphatic heterocycles. The maximum Gasteiger partial charge on any atom is 0.194 e. The van der Waals surface area contributed by atoms with Crippen LogP contribution in [0.1, 0.15) is 30.0 Å². The lowest BCUT2D eigenvalue weighted by molar-refractivity contribution is 0.143. The number of aryl methyl sites for hydroxylation is 2. The van der Waals surface area contributed by atoms with Crippen LogP contribution in [0.2, 0.25) is 0 Å². The van der Waals surface area contributed by atoms with E-state index in [0.29, 0.717) is 25.0 Å². The Bertz CT molecular complexity index is 1460. The quantitative estimate of drug-likeness (QED) is 0.107. The molecule has 0 radical (unpaired) electrons. The van der Waals surface area contributed by atoms with Gasteiger partial charge in [-0.15, -0.1) is 0 Å². The van der Waals surface area contributed by atoms with Crippen LogP contribution in [0.4, 0.5) is 30.7 Å². The summed E-state index contributed by atoms with van der Waals surface area (Å²) in [7, 11) is 0. The molecular weight excluding hydrogens is 533 g/mol. The molecule has 1 nitrogen and oxygen atoms in total. The third-order valence-electron chi connectivity index (χ3n) is 6.32. The number of benzene rings is 4. The molecule has 0 atom stereocenters. The van der Waals surface area contributed by atoms with Crippen LogP contribution in [-0.4, -0.2) is 13.2 Å². The van der Waals surface area contributed by atoms with Crippen LogP contribution in [0.25, 0.3) is 28.1 Å². The standard InChI is InChI=1S/C32H25F7O/c1-2-13-40-18-29(37)31(38)23-11-9-21(10-12-23)24-16-25(33)30(26(34)17-24)22-7-5-19(6-8-22)3-4-20-14-27(35)32(39)28(36)15-20/h5-12,14-17H,2-4,13,18H2,1H3/b31-29+. The van der Waals surface area contributed by atoms with Gasteiger partial charge >= 0.3 is 0 Å². The van der Waals surface area contributed by atoms with E-state index in [-0.39, 0.29) is 34.2 Å². The van der Waals surface area contributed by atoms with Crippen molar-refractivity contribution in [3.63, 3.8) is 0 Å². The van der Waals surface area contributed by atoms with E-state index in [0.717, 1.165) is 29.8 Å². The highest BCUT2D eigenvalue weighted by molar-refractivity contribution is 5.73. The van der Waals surface area contributed by atoms with Crippen molar-refractivity contribution in [1.29, 1.82) is 0 Å². The van der Waals surface area contributed by atoms with E-state index in [1.54, 1.807) is 12.1 Å². The first-order valence-corrected chi connectivity index (χ1v) is 12.6. The summed E-state index contributed by atoms with van der Waals surface area (Å²) in [5.74, 6) is -7.76. The number of hydrogen-bond donors (Lipinski definition) is 0. The molecule has 4 rings (SSSR count). The summed E-state index contributed by atoms with van der Waals surface area (Å²) in [5, 5.41) is 0. The van der Waals surface area contributed by atoms with E-state index in [2.05, 4.69) is 0 Å². The zero-order valence-electron chi connectivity index (χ0n) is 21.5. The molecule has 208 valence electrons. The Morgan fingerprint density at radius 3 is 1.75 bits per heavy atom. The van der Waals surface area contributed by atoms with E-state index in [4.69, 9.17) is 4.74 Å². The average molecular weight is 559 g/mol. The highest BCUT2D eigenvalue weighted by Crippen LogP contribution is 2.32. The molecule has 0 amide bonds. The Morgan fingerprint density at radius 2 is 1.18 bits per heavy atom. The topological polar surface area (TPSA) is 9.23 Å². The van der Waals surface area contributed by atoms with Crippen molar-refractivity contribution >= 4 is 5.83 Å². The van der Waals surface area contributed by atoms with Crippen LogP contribution in [0.15, 0.2) is 78.6 Å². The Kier molecular flexibility index (Phi) is 9.42. The van der Waals surface area contributed by atoms with Gasteiger partial charge in [0.25, 0.3) is 0 Å². The van der Waals surface area contributed by atoms with Crippen molar-refractivity contribution < 1.29 is 35.5 Å². The lowest BCUT2D eigenvalue weighted by Crippen LogP contribution is -1.98. The number of halogens is 7. The molecule has 0 fully saturated rings. The molecule has 0 spiro atoms. The molecule has 4 aromatic carbocycles. The molecule has 8 heteroatoms. The fourth-order valence-electron chi connectivity index (χ4n) is 4.23. The smallest absolute Gasteiger partial charge is 0.194 e. The number of hydrogen-bond acceptors (Lipinski definition) is 1. The molecule has 0 unspecified atom stereocenters. The van der Waals surface area contributed by atoms with Crippen LogP contribution >= 0.6 is 0 Å². The highest BCUT2D eigenvalue weighted by Gasteiger charge is 2.16. The van der Waals surface area contributed by atoms with E-state index in [1.807, 2.05) is 6.92 Å². The highest BCUT2D eigenvalue weighted by atomic mass is 19.2. The van der Waals surface area contributed by atoms with Crippen LogP contribution in [0, 0.1) is 29.1 Å². The predicted octanol–water partition coefficient (Wildman–Crippen LogP) is 9.54. The molecule has 0 saturated heterocycles. The molecule has 0 aliphatic rings. The maximum absolute atomic E-state index is 15.0. The lowest BCUT2D eigenvalue weighted by Gasteiger charge is -2.11. The zero-order valence-corrected chi connectivity index (χ0v) is 21.5. The van der Waals surface area contributed by atoms with E-state index >= 15 is 8.78 Å². The van der Waals surface area contributed by atoms with Gasteiger partial charge in [0.15, 0.2) is 29.1 Å². The van der Waals surface area contributed by atoms with Gasteiger partial charge in [-0.05, 0) is 71.3 Å². The molecule has 4 aromatic rings. The van der Waals surface area contributed by atoms with Crippen molar-refractivity contribution in [1.82, 2.24) is 0 Å². The maximum atomic E-state index is 15.0. The minimum Gasteiger partial charge on any atom is -0.374 e. The normalized spacial score (nSPS) is 12.0. The fraction of sp³-hybridized carbons (Fsp3) is 0.188. The zero-order chi connectivity index (χ0) is 28.8. The van der Waals surface area contributed by atoms with E-state index in [1.165, 1.54) is 36.4 Å². The van der Waals surface area contributed by atoms with Gasteiger partial charge in [-0.2, -0.15) is 0 Å². The van der Waals surface area contributed by atoms with Gasteiger partial charge in [0.2, 0.25) is 0 Å². The predicted molar refractivity (Wildman–Crippen MR) is 141 cm³/mol. The van der Waals surface area contributed by atoms with E-state index in [9.17, 15) is 22.0 Å². The van der Waals surface area contributed by atoms with Crippen molar-refractivity contribution in [2.24, 2.45) is 0 Å². The Balaban J connectivity index is 1.48.